The summed E-state index contributed by atoms with van der Waals surface area (Å²) < 4.78 is 16.0. The highest BCUT2D eigenvalue weighted by atomic mass is 16.5. The van der Waals surface area contributed by atoms with Crippen molar-refractivity contribution < 1.29 is 13.9 Å². The number of rotatable bonds is 6. The Hall–Kier alpha value is -2.79. The van der Waals surface area contributed by atoms with Crippen LogP contribution in [0.15, 0.2) is 57.7 Å². The van der Waals surface area contributed by atoms with Crippen LogP contribution in [-0.4, -0.2) is 26.2 Å². The number of benzene rings is 2. The molecule has 1 aromatic heterocycles. The lowest BCUT2D eigenvalue weighted by molar-refractivity contribution is 0.247. The lowest BCUT2D eigenvalue weighted by Gasteiger charge is -2.26. The van der Waals surface area contributed by atoms with E-state index in [2.05, 4.69) is 17.9 Å². The van der Waals surface area contributed by atoms with Gasteiger partial charge in [0.15, 0.2) is 0 Å². The second-order valence-electron chi connectivity index (χ2n) is 6.29. The molecular formula is C21H23NO4. The average molecular weight is 353 g/mol. The van der Waals surface area contributed by atoms with Gasteiger partial charge in [-0.05, 0) is 37.7 Å². The maximum absolute atomic E-state index is 12.0. The van der Waals surface area contributed by atoms with Gasteiger partial charge >= 0.3 is 5.63 Å². The van der Waals surface area contributed by atoms with Crippen molar-refractivity contribution in [1.29, 1.82) is 0 Å². The number of methoxy groups -OCH3 is 2. The van der Waals surface area contributed by atoms with Gasteiger partial charge in [0.2, 0.25) is 0 Å². The summed E-state index contributed by atoms with van der Waals surface area (Å²) in [6.45, 7) is 2.72. The third-order valence-corrected chi connectivity index (χ3v) is 4.71. The van der Waals surface area contributed by atoms with Crippen molar-refractivity contribution in [1.82, 2.24) is 4.90 Å². The molecule has 0 aliphatic heterocycles. The van der Waals surface area contributed by atoms with Gasteiger partial charge in [-0.15, -0.1) is 0 Å². The molecule has 0 aliphatic rings. The maximum atomic E-state index is 12.0. The molecule has 136 valence electrons. The van der Waals surface area contributed by atoms with E-state index in [4.69, 9.17) is 13.9 Å². The van der Waals surface area contributed by atoms with Crippen LogP contribution in [0.1, 0.15) is 24.1 Å². The molecule has 0 amide bonds. The molecule has 0 radical (unpaired) electrons. The first kappa shape index (κ1) is 18.0. The van der Waals surface area contributed by atoms with Crippen LogP contribution >= 0.6 is 0 Å². The van der Waals surface area contributed by atoms with Crippen LogP contribution in [0.25, 0.3) is 11.0 Å². The summed E-state index contributed by atoms with van der Waals surface area (Å²) in [6.07, 6.45) is 0. The predicted molar refractivity (Wildman–Crippen MR) is 102 cm³/mol. The van der Waals surface area contributed by atoms with Crippen LogP contribution in [0.3, 0.4) is 0 Å². The van der Waals surface area contributed by atoms with Gasteiger partial charge in [-0.2, -0.15) is 0 Å². The molecule has 5 heteroatoms. The van der Waals surface area contributed by atoms with E-state index in [0.29, 0.717) is 17.9 Å². The summed E-state index contributed by atoms with van der Waals surface area (Å²) in [5, 5.41) is 0.907. The number of ether oxygens (including phenoxy) is 2. The quantitative estimate of drug-likeness (QED) is 0.627. The van der Waals surface area contributed by atoms with E-state index in [9.17, 15) is 4.79 Å². The topological polar surface area (TPSA) is 51.9 Å². The van der Waals surface area contributed by atoms with Crippen molar-refractivity contribution in [2.24, 2.45) is 0 Å². The molecule has 3 aromatic rings. The Labute approximate surface area is 152 Å². The third kappa shape index (κ3) is 3.58. The van der Waals surface area contributed by atoms with E-state index < -0.39 is 0 Å². The van der Waals surface area contributed by atoms with Crippen LogP contribution in [0.2, 0.25) is 0 Å². The van der Waals surface area contributed by atoms with Crippen molar-refractivity contribution >= 4 is 11.0 Å². The third-order valence-electron chi connectivity index (χ3n) is 4.71. The summed E-state index contributed by atoms with van der Waals surface area (Å²) in [7, 11) is 5.29. The fraction of sp³-hybridized carbons (Fsp3) is 0.286. The molecule has 1 atom stereocenters. The molecule has 0 bridgehead atoms. The molecule has 0 spiro atoms. The molecule has 26 heavy (non-hydrogen) atoms. The van der Waals surface area contributed by atoms with Crippen LogP contribution in [0.5, 0.6) is 11.5 Å². The van der Waals surface area contributed by atoms with Crippen molar-refractivity contribution in [3.05, 3.63) is 70.1 Å². The zero-order valence-corrected chi connectivity index (χ0v) is 15.5. The lowest BCUT2D eigenvalue weighted by Crippen LogP contribution is -2.23. The Kier molecular flexibility index (Phi) is 5.28. The minimum atomic E-state index is -0.362. The lowest BCUT2D eigenvalue weighted by atomic mass is 10.0. The van der Waals surface area contributed by atoms with Crippen molar-refractivity contribution in [3.63, 3.8) is 0 Å². The largest absolute Gasteiger partial charge is 0.497 e. The van der Waals surface area contributed by atoms with E-state index in [0.717, 1.165) is 22.3 Å². The Morgan fingerprint density at radius 1 is 1.08 bits per heavy atom. The summed E-state index contributed by atoms with van der Waals surface area (Å²) in [5.41, 5.74) is 2.19. The minimum absolute atomic E-state index is 0.117. The van der Waals surface area contributed by atoms with Crippen LogP contribution in [0.4, 0.5) is 0 Å². The summed E-state index contributed by atoms with van der Waals surface area (Å²) in [6, 6.07) is 15.2. The first-order valence-corrected chi connectivity index (χ1v) is 8.47. The summed E-state index contributed by atoms with van der Waals surface area (Å²) in [4.78, 5) is 14.2. The molecule has 1 heterocycles. The van der Waals surface area contributed by atoms with Crippen LogP contribution < -0.4 is 15.1 Å². The van der Waals surface area contributed by atoms with E-state index >= 15 is 0 Å². The highest BCUT2D eigenvalue weighted by molar-refractivity contribution is 5.81. The van der Waals surface area contributed by atoms with E-state index in [-0.39, 0.29) is 11.7 Å². The smallest absolute Gasteiger partial charge is 0.336 e. The standard InChI is InChI=1S/C21H23NO4/c1-14(17-7-5-6-8-19(17)25-4)22(2)13-15-11-21(23)26-20-12-16(24-3)9-10-18(15)20/h5-12,14H,13H2,1-4H3. The van der Waals surface area contributed by atoms with E-state index in [1.54, 1.807) is 26.4 Å². The molecule has 2 aromatic carbocycles. The summed E-state index contributed by atoms with van der Waals surface area (Å²) in [5.74, 6) is 1.52. The Morgan fingerprint density at radius 2 is 1.85 bits per heavy atom. The minimum Gasteiger partial charge on any atom is -0.497 e. The van der Waals surface area contributed by atoms with E-state index in [1.165, 1.54) is 0 Å². The Bertz CT molecular complexity index is 964. The predicted octanol–water partition coefficient (Wildman–Crippen LogP) is 4.00. The fourth-order valence-electron chi connectivity index (χ4n) is 3.12. The average Bonchev–Trinajstić information content (AvgIpc) is 2.66. The van der Waals surface area contributed by atoms with Gasteiger partial charge < -0.3 is 13.9 Å². The van der Waals surface area contributed by atoms with E-state index in [1.807, 2.05) is 37.4 Å². The van der Waals surface area contributed by atoms with Crippen molar-refractivity contribution in [2.45, 2.75) is 19.5 Å². The maximum Gasteiger partial charge on any atom is 0.336 e. The fourth-order valence-corrected chi connectivity index (χ4v) is 3.12. The molecular weight excluding hydrogens is 330 g/mol. The zero-order chi connectivity index (χ0) is 18.7. The molecule has 1 unspecified atom stereocenters. The number of hydrogen-bond acceptors (Lipinski definition) is 5. The highest BCUT2D eigenvalue weighted by Gasteiger charge is 2.17. The van der Waals surface area contributed by atoms with Gasteiger partial charge in [-0.3, -0.25) is 4.90 Å². The van der Waals surface area contributed by atoms with Gasteiger partial charge in [0, 0.05) is 35.7 Å². The first-order chi connectivity index (χ1) is 12.5. The molecule has 0 N–H and O–H groups in total. The van der Waals surface area contributed by atoms with Gasteiger partial charge in [0.05, 0.1) is 14.2 Å². The molecule has 3 rings (SSSR count). The molecule has 0 saturated carbocycles. The summed E-state index contributed by atoms with van der Waals surface area (Å²) >= 11 is 0. The SMILES string of the molecule is COc1ccc2c(CN(C)C(C)c3ccccc3OC)cc(=O)oc2c1. The Balaban J connectivity index is 1.94. The number of nitrogens with zero attached hydrogens (tertiary/aromatic N) is 1. The van der Waals surface area contributed by atoms with Crippen LogP contribution in [-0.2, 0) is 6.54 Å². The number of hydrogen-bond donors (Lipinski definition) is 0. The first-order valence-electron chi connectivity index (χ1n) is 8.47. The number of fused-ring (bicyclic) bond motifs is 1. The molecule has 0 fully saturated rings. The molecule has 0 saturated heterocycles. The van der Waals surface area contributed by atoms with Crippen molar-refractivity contribution in [3.8, 4) is 11.5 Å². The van der Waals surface area contributed by atoms with Crippen molar-refractivity contribution in [2.75, 3.05) is 21.3 Å². The van der Waals surface area contributed by atoms with Gasteiger partial charge in [0.1, 0.15) is 17.1 Å². The monoisotopic (exact) mass is 353 g/mol. The van der Waals surface area contributed by atoms with Gasteiger partial charge in [-0.25, -0.2) is 4.79 Å². The second-order valence-corrected chi connectivity index (χ2v) is 6.29. The number of para-hydroxylation sites is 1. The molecule has 5 nitrogen and oxygen atoms in total. The Morgan fingerprint density at radius 3 is 2.58 bits per heavy atom. The highest BCUT2D eigenvalue weighted by Crippen LogP contribution is 2.30. The molecule has 0 aliphatic carbocycles. The normalized spacial score (nSPS) is 12.3. The van der Waals surface area contributed by atoms with Gasteiger partial charge in [-0.1, -0.05) is 18.2 Å². The van der Waals surface area contributed by atoms with Gasteiger partial charge in [0.25, 0.3) is 0 Å². The zero-order valence-electron chi connectivity index (χ0n) is 15.5. The van der Waals surface area contributed by atoms with Crippen LogP contribution in [0, 0.1) is 0 Å². The second kappa shape index (κ2) is 7.62.